The first-order chi connectivity index (χ1) is 17.8. The number of carbonyl (C=O) groups is 2. The fourth-order valence-corrected chi connectivity index (χ4v) is 4.68. The number of aromatic amines is 1. The number of Topliss-reactive ketones (excluding diaryl/α,β-unsaturated/α-hetero) is 1. The van der Waals surface area contributed by atoms with Crippen LogP contribution in [0.4, 0.5) is 10.2 Å². The number of nitrogens with zero attached hydrogens (tertiary/aromatic N) is 5. The number of rotatable bonds is 8. The van der Waals surface area contributed by atoms with Crippen LogP contribution in [0.15, 0.2) is 35.0 Å². The standard InChI is InChI=1S/C26H28FN7O3/c1-14(2)26-30-23(33-37-26)25(36)29-12-18-5-4-17(11-20(18)27)19-6-8-28-22-21(19)24(32-31-22)34-9-7-16(13-34)10-15(3)35/h4-6,8,11,14,16H,7,9-10,12-13H2,1-3H3,(H,29,36)(H,28,31,32)/t16-/m0/s1. The quantitative estimate of drug-likeness (QED) is 0.367. The zero-order chi connectivity index (χ0) is 26.1. The van der Waals surface area contributed by atoms with Crippen molar-refractivity contribution in [2.75, 3.05) is 18.0 Å². The van der Waals surface area contributed by atoms with Crippen LogP contribution in [0.5, 0.6) is 0 Å². The van der Waals surface area contributed by atoms with Crippen LogP contribution in [0.2, 0.25) is 0 Å². The predicted octanol–water partition coefficient (Wildman–Crippen LogP) is 4.01. The lowest BCUT2D eigenvalue weighted by Gasteiger charge is -2.17. The molecule has 11 heteroatoms. The molecule has 1 aliphatic heterocycles. The van der Waals surface area contributed by atoms with Gasteiger partial charge in [-0.05, 0) is 42.5 Å². The Labute approximate surface area is 212 Å². The summed E-state index contributed by atoms with van der Waals surface area (Å²) >= 11 is 0. The van der Waals surface area contributed by atoms with Crippen molar-refractivity contribution in [1.29, 1.82) is 0 Å². The Kier molecular flexibility index (Phi) is 6.68. The van der Waals surface area contributed by atoms with Gasteiger partial charge in [0.2, 0.25) is 5.89 Å². The van der Waals surface area contributed by atoms with E-state index in [1.54, 1.807) is 19.2 Å². The van der Waals surface area contributed by atoms with E-state index in [9.17, 15) is 9.59 Å². The summed E-state index contributed by atoms with van der Waals surface area (Å²) in [5.74, 6) is 0.527. The number of amides is 1. The van der Waals surface area contributed by atoms with Gasteiger partial charge >= 0.3 is 0 Å². The number of aromatic nitrogens is 5. The van der Waals surface area contributed by atoms with Gasteiger partial charge in [0.25, 0.3) is 11.7 Å². The van der Waals surface area contributed by atoms with Gasteiger partial charge in [-0.1, -0.05) is 31.1 Å². The molecule has 192 valence electrons. The first-order valence-electron chi connectivity index (χ1n) is 12.3. The molecular formula is C26H28FN7O3. The molecule has 0 unspecified atom stereocenters. The minimum Gasteiger partial charge on any atom is -0.354 e. The molecule has 0 radical (unpaired) electrons. The first kappa shape index (κ1) is 24.5. The highest BCUT2D eigenvalue weighted by Gasteiger charge is 2.27. The summed E-state index contributed by atoms with van der Waals surface area (Å²) in [6.45, 7) is 6.88. The largest absolute Gasteiger partial charge is 0.354 e. The summed E-state index contributed by atoms with van der Waals surface area (Å²) in [6.07, 6.45) is 3.13. The Morgan fingerprint density at radius 1 is 1.30 bits per heavy atom. The maximum Gasteiger partial charge on any atom is 0.292 e. The number of hydrogen-bond donors (Lipinski definition) is 2. The second-order valence-corrected chi connectivity index (χ2v) is 9.74. The van der Waals surface area contributed by atoms with Gasteiger partial charge in [0.1, 0.15) is 11.6 Å². The van der Waals surface area contributed by atoms with Crippen LogP contribution in [0.1, 0.15) is 61.6 Å². The molecule has 1 saturated heterocycles. The van der Waals surface area contributed by atoms with Crippen LogP contribution in [0.25, 0.3) is 22.2 Å². The molecule has 10 nitrogen and oxygen atoms in total. The van der Waals surface area contributed by atoms with E-state index < -0.39 is 11.7 Å². The maximum atomic E-state index is 15.1. The number of fused-ring (bicyclic) bond motifs is 1. The number of ketones is 1. The zero-order valence-electron chi connectivity index (χ0n) is 20.9. The average molecular weight is 506 g/mol. The maximum absolute atomic E-state index is 15.1. The van der Waals surface area contributed by atoms with E-state index in [-0.39, 0.29) is 24.1 Å². The van der Waals surface area contributed by atoms with Gasteiger partial charge in [0, 0.05) is 43.7 Å². The van der Waals surface area contributed by atoms with Gasteiger partial charge < -0.3 is 19.5 Å². The van der Waals surface area contributed by atoms with Crippen LogP contribution in [-0.2, 0) is 11.3 Å². The molecule has 0 spiro atoms. The molecule has 1 aromatic carbocycles. The Morgan fingerprint density at radius 2 is 2.14 bits per heavy atom. The number of carbonyl (C=O) groups excluding carboxylic acids is 2. The summed E-state index contributed by atoms with van der Waals surface area (Å²) in [6, 6.07) is 6.74. The molecule has 4 heterocycles. The molecule has 1 fully saturated rings. The van der Waals surface area contributed by atoms with E-state index in [1.807, 2.05) is 26.0 Å². The number of benzene rings is 1. The zero-order valence-corrected chi connectivity index (χ0v) is 20.9. The highest BCUT2D eigenvalue weighted by molar-refractivity contribution is 6.00. The van der Waals surface area contributed by atoms with Crippen molar-refractivity contribution < 1.29 is 18.5 Å². The smallest absolute Gasteiger partial charge is 0.292 e. The predicted molar refractivity (Wildman–Crippen MR) is 134 cm³/mol. The topological polar surface area (TPSA) is 130 Å². The highest BCUT2D eigenvalue weighted by Crippen LogP contribution is 2.36. The molecule has 3 aromatic heterocycles. The summed E-state index contributed by atoms with van der Waals surface area (Å²) in [7, 11) is 0. The number of anilines is 1. The van der Waals surface area contributed by atoms with E-state index in [2.05, 4.69) is 35.5 Å². The van der Waals surface area contributed by atoms with Crippen molar-refractivity contribution in [2.24, 2.45) is 5.92 Å². The lowest BCUT2D eigenvalue weighted by Crippen LogP contribution is -2.24. The third-order valence-electron chi connectivity index (χ3n) is 6.55. The molecule has 1 amide bonds. The van der Waals surface area contributed by atoms with Crippen molar-refractivity contribution >= 4 is 28.5 Å². The molecule has 1 atom stereocenters. The van der Waals surface area contributed by atoms with Crippen LogP contribution in [0.3, 0.4) is 0 Å². The molecule has 4 aromatic rings. The third-order valence-corrected chi connectivity index (χ3v) is 6.55. The fourth-order valence-electron chi connectivity index (χ4n) is 4.68. The van der Waals surface area contributed by atoms with Gasteiger partial charge in [-0.2, -0.15) is 10.1 Å². The Balaban J connectivity index is 1.35. The van der Waals surface area contributed by atoms with E-state index in [0.29, 0.717) is 35.0 Å². The van der Waals surface area contributed by atoms with E-state index in [0.717, 1.165) is 36.3 Å². The SMILES string of the molecule is CC(=O)C[C@@H]1CCN(c2n[nH]c3nccc(-c4ccc(CNC(=O)c5noc(C(C)C)n5)c(F)c4)c23)C1. The van der Waals surface area contributed by atoms with Crippen molar-refractivity contribution in [3.63, 3.8) is 0 Å². The lowest BCUT2D eigenvalue weighted by molar-refractivity contribution is -0.117. The average Bonchev–Trinajstić information content (AvgIpc) is 3.62. The number of nitrogens with one attached hydrogen (secondary N) is 2. The minimum atomic E-state index is -0.535. The Hall–Kier alpha value is -4.15. The summed E-state index contributed by atoms with van der Waals surface area (Å²) < 4.78 is 20.2. The van der Waals surface area contributed by atoms with Crippen LogP contribution in [-0.4, -0.2) is 50.1 Å². The van der Waals surface area contributed by atoms with Crippen LogP contribution < -0.4 is 10.2 Å². The number of hydrogen-bond acceptors (Lipinski definition) is 8. The molecule has 0 bridgehead atoms. The fraction of sp³-hybridized carbons (Fsp3) is 0.385. The van der Waals surface area contributed by atoms with Gasteiger partial charge in [-0.3, -0.25) is 9.89 Å². The molecular weight excluding hydrogens is 477 g/mol. The van der Waals surface area contributed by atoms with Gasteiger partial charge in [0.05, 0.1) is 5.39 Å². The van der Waals surface area contributed by atoms with Gasteiger partial charge in [-0.15, -0.1) is 0 Å². The highest BCUT2D eigenvalue weighted by atomic mass is 19.1. The second kappa shape index (κ2) is 10.1. The van der Waals surface area contributed by atoms with Crippen molar-refractivity contribution in [3.8, 4) is 11.1 Å². The van der Waals surface area contributed by atoms with Crippen LogP contribution >= 0.6 is 0 Å². The normalized spacial score (nSPS) is 15.6. The lowest BCUT2D eigenvalue weighted by atomic mass is 10.0. The van der Waals surface area contributed by atoms with E-state index in [1.165, 1.54) is 6.07 Å². The molecule has 37 heavy (non-hydrogen) atoms. The Bertz CT molecular complexity index is 1460. The van der Waals surface area contributed by atoms with Gasteiger partial charge in [-0.25, -0.2) is 9.37 Å². The number of halogens is 1. The summed E-state index contributed by atoms with van der Waals surface area (Å²) in [4.78, 5) is 34.5. The van der Waals surface area contributed by atoms with Gasteiger partial charge in [0.15, 0.2) is 11.5 Å². The molecule has 2 N–H and O–H groups in total. The van der Waals surface area contributed by atoms with Crippen molar-refractivity contribution in [2.45, 2.75) is 46.1 Å². The van der Waals surface area contributed by atoms with Crippen molar-refractivity contribution in [3.05, 3.63) is 53.6 Å². The van der Waals surface area contributed by atoms with E-state index >= 15 is 4.39 Å². The molecule has 0 saturated carbocycles. The Morgan fingerprint density at radius 3 is 2.86 bits per heavy atom. The summed E-state index contributed by atoms with van der Waals surface area (Å²) in [5, 5.41) is 14.6. The monoisotopic (exact) mass is 505 g/mol. The van der Waals surface area contributed by atoms with Crippen molar-refractivity contribution in [1.82, 2.24) is 30.6 Å². The molecule has 5 rings (SSSR count). The van der Waals surface area contributed by atoms with Crippen LogP contribution in [0, 0.1) is 11.7 Å². The first-order valence-corrected chi connectivity index (χ1v) is 12.3. The molecule has 0 aliphatic carbocycles. The second-order valence-electron chi connectivity index (χ2n) is 9.74. The minimum absolute atomic E-state index is 0.00173. The molecule has 1 aliphatic rings. The third kappa shape index (κ3) is 5.07. The summed E-state index contributed by atoms with van der Waals surface area (Å²) in [5.41, 5.74) is 2.40. The number of pyridine rings is 1. The number of H-pyrrole nitrogens is 1. The van der Waals surface area contributed by atoms with E-state index in [4.69, 9.17) is 4.52 Å².